The fourth-order valence-corrected chi connectivity index (χ4v) is 2.89. The molecule has 0 bridgehead atoms. The van der Waals surface area contributed by atoms with Gasteiger partial charge in [-0.15, -0.1) is 0 Å². The Kier molecular flexibility index (Phi) is 6.05. The molecule has 0 aliphatic carbocycles. The van der Waals surface area contributed by atoms with Crippen molar-refractivity contribution in [1.29, 1.82) is 5.26 Å². The van der Waals surface area contributed by atoms with E-state index >= 15 is 0 Å². The standard InChI is InChI=1S/C21H14Cl2N2O3/c1-27-19-8-3-2-7-17(19)25-21(26)13(12-24)11-14-9-10-18(28-14)15-5-4-6-16(22)20(15)23/h2-11H,1H3,(H,25,26). The number of methoxy groups -OCH3 is 1. The van der Waals surface area contributed by atoms with E-state index in [0.29, 0.717) is 38.6 Å². The molecule has 5 nitrogen and oxygen atoms in total. The highest BCUT2D eigenvalue weighted by Gasteiger charge is 2.14. The van der Waals surface area contributed by atoms with Gasteiger partial charge < -0.3 is 14.5 Å². The van der Waals surface area contributed by atoms with E-state index in [1.807, 2.05) is 6.07 Å². The molecular formula is C21H14Cl2N2O3. The highest BCUT2D eigenvalue weighted by atomic mass is 35.5. The van der Waals surface area contributed by atoms with E-state index in [4.69, 9.17) is 32.4 Å². The van der Waals surface area contributed by atoms with Gasteiger partial charge in [-0.05, 0) is 36.4 Å². The number of nitrogens with one attached hydrogen (secondary N) is 1. The second kappa shape index (κ2) is 8.66. The minimum atomic E-state index is -0.578. The number of nitriles is 1. The van der Waals surface area contributed by atoms with E-state index in [9.17, 15) is 10.1 Å². The molecule has 0 fully saturated rings. The van der Waals surface area contributed by atoms with Gasteiger partial charge in [0.25, 0.3) is 5.91 Å². The lowest BCUT2D eigenvalue weighted by Gasteiger charge is -2.08. The Labute approximate surface area is 171 Å². The van der Waals surface area contributed by atoms with Crippen LogP contribution >= 0.6 is 23.2 Å². The topological polar surface area (TPSA) is 75.3 Å². The summed E-state index contributed by atoms with van der Waals surface area (Å²) >= 11 is 12.2. The van der Waals surface area contributed by atoms with Gasteiger partial charge >= 0.3 is 0 Å². The molecule has 0 saturated carbocycles. The number of rotatable bonds is 5. The summed E-state index contributed by atoms with van der Waals surface area (Å²) in [5.41, 5.74) is 0.955. The average Bonchev–Trinajstić information content (AvgIpc) is 3.17. The van der Waals surface area contributed by atoms with Gasteiger partial charge in [-0.25, -0.2) is 0 Å². The molecule has 7 heteroatoms. The number of amides is 1. The predicted molar refractivity (Wildman–Crippen MR) is 109 cm³/mol. The molecule has 2 aromatic carbocycles. The number of halogens is 2. The lowest BCUT2D eigenvalue weighted by Crippen LogP contribution is -2.14. The third-order valence-electron chi connectivity index (χ3n) is 3.85. The van der Waals surface area contributed by atoms with E-state index < -0.39 is 5.91 Å². The summed E-state index contributed by atoms with van der Waals surface area (Å²) in [6.07, 6.45) is 1.35. The molecule has 1 N–H and O–H groups in total. The number of carbonyl (C=O) groups is 1. The Hall–Kier alpha value is -3.20. The van der Waals surface area contributed by atoms with Crippen LogP contribution in [0.1, 0.15) is 5.76 Å². The zero-order valence-corrected chi connectivity index (χ0v) is 16.2. The van der Waals surface area contributed by atoms with E-state index in [1.165, 1.54) is 13.2 Å². The van der Waals surface area contributed by atoms with E-state index in [2.05, 4.69) is 5.32 Å². The van der Waals surface area contributed by atoms with Crippen molar-refractivity contribution in [3.63, 3.8) is 0 Å². The molecule has 1 aromatic heterocycles. The Bertz CT molecular complexity index is 1100. The number of hydrogen-bond acceptors (Lipinski definition) is 4. The first-order valence-corrected chi connectivity index (χ1v) is 8.89. The third-order valence-corrected chi connectivity index (χ3v) is 4.67. The average molecular weight is 413 g/mol. The van der Waals surface area contributed by atoms with E-state index in [0.717, 1.165) is 0 Å². The molecule has 1 amide bonds. The van der Waals surface area contributed by atoms with Gasteiger partial charge in [0.15, 0.2) is 0 Å². The molecule has 0 radical (unpaired) electrons. The fourth-order valence-electron chi connectivity index (χ4n) is 2.50. The first-order valence-electron chi connectivity index (χ1n) is 8.14. The number of furan rings is 1. The Balaban J connectivity index is 1.85. The number of nitrogens with zero attached hydrogens (tertiary/aromatic N) is 1. The second-order valence-corrected chi connectivity index (χ2v) is 6.41. The van der Waals surface area contributed by atoms with Crippen LogP contribution < -0.4 is 10.1 Å². The van der Waals surface area contributed by atoms with Crippen LogP contribution in [0.25, 0.3) is 17.4 Å². The number of hydrogen-bond donors (Lipinski definition) is 1. The van der Waals surface area contributed by atoms with Crippen molar-refractivity contribution in [3.8, 4) is 23.1 Å². The smallest absolute Gasteiger partial charge is 0.266 e. The summed E-state index contributed by atoms with van der Waals surface area (Å²) in [7, 11) is 1.50. The molecule has 0 spiro atoms. The molecule has 0 unspecified atom stereocenters. The summed E-state index contributed by atoms with van der Waals surface area (Å²) in [6.45, 7) is 0. The van der Waals surface area contributed by atoms with Crippen molar-refractivity contribution >= 4 is 40.9 Å². The van der Waals surface area contributed by atoms with Crippen molar-refractivity contribution in [1.82, 2.24) is 0 Å². The van der Waals surface area contributed by atoms with Gasteiger partial charge in [-0.3, -0.25) is 4.79 Å². The fraction of sp³-hybridized carbons (Fsp3) is 0.0476. The van der Waals surface area contributed by atoms with Gasteiger partial charge in [0.05, 0.1) is 22.8 Å². The van der Waals surface area contributed by atoms with Crippen molar-refractivity contribution in [2.45, 2.75) is 0 Å². The number of benzene rings is 2. The Morgan fingerprint density at radius 3 is 2.68 bits per heavy atom. The molecule has 0 aliphatic rings. The molecule has 3 rings (SSSR count). The van der Waals surface area contributed by atoms with Crippen LogP contribution in [0.5, 0.6) is 5.75 Å². The number of carbonyl (C=O) groups excluding carboxylic acids is 1. The second-order valence-electron chi connectivity index (χ2n) is 5.63. The van der Waals surface area contributed by atoms with Crippen LogP contribution in [-0.2, 0) is 4.79 Å². The molecule has 0 aliphatic heterocycles. The highest BCUT2D eigenvalue weighted by molar-refractivity contribution is 6.43. The normalized spacial score (nSPS) is 11.0. The molecule has 0 atom stereocenters. The SMILES string of the molecule is COc1ccccc1NC(=O)C(C#N)=Cc1ccc(-c2cccc(Cl)c2Cl)o1. The minimum Gasteiger partial charge on any atom is -0.495 e. The third kappa shape index (κ3) is 4.20. The highest BCUT2D eigenvalue weighted by Crippen LogP contribution is 2.34. The monoisotopic (exact) mass is 412 g/mol. The van der Waals surface area contributed by atoms with Crippen LogP contribution in [0.3, 0.4) is 0 Å². The lowest BCUT2D eigenvalue weighted by atomic mass is 10.2. The van der Waals surface area contributed by atoms with Crippen LogP contribution in [0.15, 0.2) is 64.6 Å². The van der Waals surface area contributed by atoms with Crippen LogP contribution in [0, 0.1) is 11.3 Å². The summed E-state index contributed by atoms with van der Waals surface area (Å²) in [4.78, 5) is 12.5. The number of anilines is 1. The number of ether oxygens (including phenoxy) is 1. The lowest BCUT2D eigenvalue weighted by molar-refractivity contribution is -0.112. The zero-order chi connectivity index (χ0) is 20.1. The van der Waals surface area contributed by atoms with E-state index in [-0.39, 0.29) is 5.57 Å². The Morgan fingerprint density at radius 1 is 1.14 bits per heavy atom. The van der Waals surface area contributed by atoms with Gasteiger partial charge in [-0.1, -0.05) is 41.4 Å². The molecule has 28 heavy (non-hydrogen) atoms. The largest absolute Gasteiger partial charge is 0.495 e. The summed E-state index contributed by atoms with van der Waals surface area (Å²) in [6, 6.07) is 17.3. The molecule has 3 aromatic rings. The summed E-state index contributed by atoms with van der Waals surface area (Å²) in [5, 5.41) is 12.8. The van der Waals surface area contributed by atoms with Crippen LogP contribution in [0.2, 0.25) is 10.0 Å². The van der Waals surface area contributed by atoms with Gasteiger partial charge in [0, 0.05) is 11.6 Å². The molecule has 1 heterocycles. The zero-order valence-electron chi connectivity index (χ0n) is 14.7. The molecule has 140 valence electrons. The maximum atomic E-state index is 12.5. The van der Waals surface area contributed by atoms with Crippen molar-refractivity contribution in [2.75, 3.05) is 12.4 Å². The maximum absolute atomic E-state index is 12.5. The van der Waals surface area contributed by atoms with Gasteiger partial charge in [0.2, 0.25) is 0 Å². The summed E-state index contributed by atoms with van der Waals surface area (Å²) < 4.78 is 10.9. The number of para-hydroxylation sites is 2. The first-order chi connectivity index (χ1) is 13.5. The Morgan fingerprint density at radius 2 is 1.93 bits per heavy atom. The maximum Gasteiger partial charge on any atom is 0.266 e. The first kappa shape index (κ1) is 19.6. The van der Waals surface area contributed by atoms with Crippen LogP contribution in [0.4, 0.5) is 5.69 Å². The van der Waals surface area contributed by atoms with Gasteiger partial charge in [-0.2, -0.15) is 5.26 Å². The minimum absolute atomic E-state index is 0.121. The van der Waals surface area contributed by atoms with Crippen molar-refractivity contribution in [2.24, 2.45) is 0 Å². The van der Waals surface area contributed by atoms with Gasteiger partial charge in [0.1, 0.15) is 28.9 Å². The van der Waals surface area contributed by atoms with Crippen LogP contribution in [-0.4, -0.2) is 13.0 Å². The molecular weight excluding hydrogens is 399 g/mol. The molecule has 0 saturated heterocycles. The summed E-state index contributed by atoms with van der Waals surface area (Å²) in [5.74, 6) is 0.716. The van der Waals surface area contributed by atoms with Crippen molar-refractivity contribution < 1.29 is 13.9 Å². The predicted octanol–water partition coefficient (Wildman–Crippen LogP) is 5.81. The van der Waals surface area contributed by atoms with Crippen molar-refractivity contribution in [3.05, 3.63) is 76.0 Å². The van der Waals surface area contributed by atoms with E-state index in [1.54, 1.807) is 54.6 Å². The quantitative estimate of drug-likeness (QED) is 0.423.